The van der Waals surface area contributed by atoms with E-state index in [1.165, 1.54) is 0 Å². The van der Waals surface area contributed by atoms with E-state index >= 15 is 0 Å². The van der Waals surface area contributed by atoms with Crippen LogP contribution in [-0.4, -0.2) is 28.3 Å². The Balaban J connectivity index is 1.63. The van der Waals surface area contributed by atoms with Crippen molar-refractivity contribution in [1.29, 1.82) is 0 Å². The Morgan fingerprint density at radius 2 is 1.96 bits per heavy atom. The van der Waals surface area contributed by atoms with Crippen LogP contribution in [0.4, 0.5) is 0 Å². The molecule has 0 radical (unpaired) electrons. The lowest BCUT2D eigenvalue weighted by atomic mass is 10.1. The normalized spacial score (nSPS) is 11.0. The third kappa shape index (κ3) is 4.55. The molecule has 0 spiro atoms. The van der Waals surface area contributed by atoms with Crippen molar-refractivity contribution in [3.05, 3.63) is 64.9 Å². The molecule has 0 atom stereocenters. The maximum Gasteiger partial charge on any atom is 0.240 e. The van der Waals surface area contributed by atoms with Gasteiger partial charge in [0.05, 0.1) is 16.8 Å². The highest BCUT2D eigenvalue weighted by molar-refractivity contribution is 7.97. The van der Waals surface area contributed by atoms with E-state index in [1.54, 1.807) is 11.8 Å². The number of aromatic nitrogens is 2. The van der Waals surface area contributed by atoms with Gasteiger partial charge in [-0.3, -0.25) is 4.79 Å². The van der Waals surface area contributed by atoms with Crippen LogP contribution in [0, 0.1) is 0 Å². The van der Waals surface area contributed by atoms with E-state index < -0.39 is 0 Å². The van der Waals surface area contributed by atoms with E-state index in [2.05, 4.69) is 10.3 Å². The molecule has 0 aliphatic carbocycles. The van der Waals surface area contributed by atoms with Gasteiger partial charge in [0.15, 0.2) is 0 Å². The quantitative estimate of drug-likeness (QED) is 0.683. The highest BCUT2D eigenvalue weighted by Crippen LogP contribution is 2.18. The van der Waals surface area contributed by atoms with E-state index in [0.717, 1.165) is 39.6 Å². The van der Waals surface area contributed by atoms with Crippen molar-refractivity contribution in [2.45, 2.75) is 18.7 Å². The number of imidazole rings is 1. The number of nitrogens with one attached hydrogen (secondary N) is 1. The maximum atomic E-state index is 12.4. The lowest BCUT2D eigenvalue weighted by molar-refractivity contribution is -0.121. The van der Waals surface area contributed by atoms with Gasteiger partial charge in [-0.05, 0) is 42.5 Å². The predicted molar refractivity (Wildman–Crippen MR) is 105 cm³/mol. The van der Waals surface area contributed by atoms with Crippen molar-refractivity contribution >= 4 is 40.3 Å². The molecule has 3 aromatic rings. The first-order chi connectivity index (χ1) is 12.2. The average Bonchev–Trinajstić information content (AvgIpc) is 2.95. The number of halogens is 1. The van der Waals surface area contributed by atoms with Crippen LogP contribution in [0.1, 0.15) is 11.4 Å². The second kappa shape index (κ2) is 8.41. The molecule has 1 heterocycles. The minimum Gasteiger partial charge on any atom is -0.354 e. The molecule has 4 nitrogen and oxygen atoms in total. The Hall–Kier alpha value is -1.98. The summed E-state index contributed by atoms with van der Waals surface area (Å²) in [5, 5.41) is 3.71. The topological polar surface area (TPSA) is 46.9 Å². The summed E-state index contributed by atoms with van der Waals surface area (Å²) in [5.41, 5.74) is 3.08. The third-order valence-corrected chi connectivity index (χ3v) is 4.76. The molecule has 2 aromatic carbocycles. The Labute approximate surface area is 156 Å². The number of para-hydroxylation sites is 2. The molecule has 0 saturated heterocycles. The summed E-state index contributed by atoms with van der Waals surface area (Å²) in [6.07, 6.45) is 2.82. The summed E-state index contributed by atoms with van der Waals surface area (Å²) in [7, 11) is 0. The summed E-state index contributed by atoms with van der Waals surface area (Å²) in [4.78, 5) is 17.0. The average molecular weight is 374 g/mol. The Bertz CT molecular complexity index is 861. The largest absolute Gasteiger partial charge is 0.354 e. The minimum atomic E-state index is -0.000491. The molecule has 25 heavy (non-hydrogen) atoms. The van der Waals surface area contributed by atoms with Gasteiger partial charge in [-0.15, -0.1) is 0 Å². The molecular formula is C19H20ClN3OS. The number of fused-ring (bicyclic) bond motifs is 1. The van der Waals surface area contributed by atoms with Gasteiger partial charge in [0.2, 0.25) is 5.91 Å². The zero-order valence-electron chi connectivity index (χ0n) is 14.0. The van der Waals surface area contributed by atoms with Crippen molar-refractivity contribution in [2.24, 2.45) is 0 Å². The SMILES string of the molecule is CSCc1nc2ccccc2n1CC(=O)NCCc1ccc(Cl)cc1. The van der Waals surface area contributed by atoms with Gasteiger partial charge in [-0.1, -0.05) is 35.9 Å². The monoisotopic (exact) mass is 373 g/mol. The van der Waals surface area contributed by atoms with E-state index in [9.17, 15) is 4.79 Å². The molecule has 1 amide bonds. The molecule has 1 aromatic heterocycles. The number of amides is 1. The Morgan fingerprint density at radius 3 is 2.72 bits per heavy atom. The number of rotatable bonds is 7. The fourth-order valence-electron chi connectivity index (χ4n) is 2.74. The molecule has 0 bridgehead atoms. The van der Waals surface area contributed by atoms with Crippen LogP contribution in [-0.2, 0) is 23.5 Å². The van der Waals surface area contributed by atoms with Crippen LogP contribution in [0.25, 0.3) is 11.0 Å². The van der Waals surface area contributed by atoms with E-state index in [4.69, 9.17) is 11.6 Å². The number of carbonyl (C=O) groups excluding carboxylic acids is 1. The zero-order chi connectivity index (χ0) is 17.6. The number of thioether (sulfide) groups is 1. The van der Waals surface area contributed by atoms with Gasteiger partial charge in [-0.25, -0.2) is 4.98 Å². The van der Waals surface area contributed by atoms with E-state index in [-0.39, 0.29) is 12.5 Å². The van der Waals surface area contributed by atoms with Crippen LogP contribution in [0.3, 0.4) is 0 Å². The summed E-state index contributed by atoms with van der Waals surface area (Å²) < 4.78 is 2.00. The van der Waals surface area contributed by atoms with Crippen LogP contribution in [0.5, 0.6) is 0 Å². The third-order valence-electron chi connectivity index (χ3n) is 3.96. The molecule has 130 valence electrons. The van der Waals surface area contributed by atoms with Crippen LogP contribution in [0.15, 0.2) is 48.5 Å². The van der Waals surface area contributed by atoms with Crippen LogP contribution < -0.4 is 5.32 Å². The lowest BCUT2D eigenvalue weighted by Gasteiger charge is -2.10. The van der Waals surface area contributed by atoms with Gasteiger partial charge in [-0.2, -0.15) is 11.8 Å². The number of benzene rings is 2. The standard InChI is InChI=1S/C19H20ClN3OS/c1-25-13-18-22-16-4-2-3-5-17(16)23(18)12-19(24)21-11-10-14-6-8-15(20)9-7-14/h2-9H,10-13H2,1H3,(H,21,24). The first-order valence-electron chi connectivity index (χ1n) is 8.11. The Kier molecular flexibility index (Phi) is 6.00. The molecule has 0 saturated carbocycles. The van der Waals surface area contributed by atoms with E-state index in [0.29, 0.717) is 6.54 Å². The fourth-order valence-corrected chi connectivity index (χ4v) is 3.34. The molecule has 0 aliphatic rings. The van der Waals surface area contributed by atoms with Crippen molar-refractivity contribution in [3.8, 4) is 0 Å². The summed E-state index contributed by atoms with van der Waals surface area (Å²) in [6, 6.07) is 15.6. The molecule has 0 aliphatic heterocycles. The van der Waals surface area contributed by atoms with Crippen molar-refractivity contribution < 1.29 is 4.79 Å². The molecule has 3 rings (SSSR count). The lowest BCUT2D eigenvalue weighted by Crippen LogP contribution is -2.29. The first kappa shape index (κ1) is 17.8. The summed E-state index contributed by atoms with van der Waals surface area (Å²) in [5.74, 6) is 1.72. The molecular weight excluding hydrogens is 354 g/mol. The summed E-state index contributed by atoms with van der Waals surface area (Å²) in [6.45, 7) is 0.891. The first-order valence-corrected chi connectivity index (χ1v) is 9.89. The number of carbonyl (C=O) groups is 1. The predicted octanol–water partition coefficient (Wildman–Crippen LogP) is 3.91. The van der Waals surface area contributed by atoms with Gasteiger partial charge in [0.1, 0.15) is 12.4 Å². The zero-order valence-corrected chi connectivity index (χ0v) is 15.6. The number of hydrogen-bond acceptors (Lipinski definition) is 3. The Morgan fingerprint density at radius 1 is 1.20 bits per heavy atom. The second-order valence-corrected chi connectivity index (χ2v) is 7.06. The second-order valence-electron chi connectivity index (χ2n) is 5.76. The van der Waals surface area contributed by atoms with Crippen LogP contribution in [0.2, 0.25) is 5.02 Å². The van der Waals surface area contributed by atoms with Gasteiger partial charge in [0, 0.05) is 11.6 Å². The van der Waals surface area contributed by atoms with Gasteiger partial charge in [0.25, 0.3) is 0 Å². The highest BCUT2D eigenvalue weighted by atomic mass is 35.5. The van der Waals surface area contributed by atoms with Crippen molar-refractivity contribution in [2.75, 3.05) is 12.8 Å². The number of hydrogen-bond donors (Lipinski definition) is 1. The maximum absolute atomic E-state index is 12.4. The fraction of sp³-hybridized carbons (Fsp3) is 0.263. The minimum absolute atomic E-state index is 0.000491. The van der Waals surface area contributed by atoms with Crippen molar-refractivity contribution in [3.63, 3.8) is 0 Å². The molecule has 1 N–H and O–H groups in total. The molecule has 6 heteroatoms. The van der Waals surface area contributed by atoms with Crippen LogP contribution >= 0.6 is 23.4 Å². The van der Waals surface area contributed by atoms with E-state index in [1.807, 2.05) is 59.4 Å². The highest BCUT2D eigenvalue weighted by Gasteiger charge is 2.12. The van der Waals surface area contributed by atoms with Crippen molar-refractivity contribution in [1.82, 2.24) is 14.9 Å². The number of nitrogens with zero attached hydrogens (tertiary/aromatic N) is 2. The smallest absolute Gasteiger partial charge is 0.240 e. The van der Waals surface area contributed by atoms with Gasteiger partial charge < -0.3 is 9.88 Å². The molecule has 0 unspecified atom stereocenters. The van der Waals surface area contributed by atoms with Gasteiger partial charge >= 0.3 is 0 Å². The summed E-state index contributed by atoms with van der Waals surface area (Å²) >= 11 is 7.59. The molecule has 0 fully saturated rings.